The molecule has 2 unspecified atom stereocenters. The smallest absolute Gasteiger partial charge is 0.323 e. The van der Waals surface area contributed by atoms with Gasteiger partial charge in [0.05, 0.1) is 6.61 Å². The normalized spacial score (nSPS) is 23.5. The zero-order valence-electron chi connectivity index (χ0n) is 10.6. The van der Waals surface area contributed by atoms with Gasteiger partial charge in [-0.3, -0.25) is 4.79 Å². The van der Waals surface area contributed by atoms with Gasteiger partial charge in [0.15, 0.2) is 0 Å². The molecule has 0 bridgehead atoms. The second-order valence-electron chi connectivity index (χ2n) is 4.88. The highest BCUT2D eigenvalue weighted by molar-refractivity contribution is 5.75. The molecule has 0 aromatic heterocycles. The average molecular weight is 227 g/mol. The van der Waals surface area contributed by atoms with E-state index in [9.17, 15) is 4.79 Å². The molecule has 1 fully saturated rings. The standard InChI is InChI=1S/C13H25NO2/c1-3-7-11(2)10-16-13(15)12-8-5-4-6-9-14-12/h11-12,14H,3-10H2,1-2H3. The van der Waals surface area contributed by atoms with Crippen LogP contribution in [0.2, 0.25) is 0 Å². The summed E-state index contributed by atoms with van der Waals surface area (Å²) in [5.74, 6) is 0.435. The van der Waals surface area contributed by atoms with Crippen LogP contribution >= 0.6 is 0 Å². The molecule has 1 heterocycles. The van der Waals surface area contributed by atoms with Gasteiger partial charge in [0.2, 0.25) is 0 Å². The fourth-order valence-corrected chi connectivity index (χ4v) is 2.13. The molecule has 16 heavy (non-hydrogen) atoms. The summed E-state index contributed by atoms with van der Waals surface area (Å²) in [6.45, 7) is 5.82. The van der Waals surface area contributed by atoms with Gasteiger partial charge >= 0.3 is 5.97 Å². The van der Waals surface area contributed by atoms with Gasteiger partial charge in [0, 0.05) is 0 Å². The molecule has 3 nitrogen and oxygen atoms in total. The molecule has 0 radical (unpaired) electrons. The van der Waals surface area contributed by atoms with Crippen molar-refractivity contribution in [1.82, 2.24) is 5.32 Å². The number of carbonyl (C=O) groups is 1. The molecule has 0 aromatic carbocycles. The minimum Gasteiger partial charge on any atom is -0.464 e. The predicted molar refractivity (Wildman–Crippen MR) is 65.3 cm³/mol. The van der Waals surface area contributed by atoms with Gasteiger partial charge in [-0.15, -0.1) is 0 Å². The summed E-state index contributed by atoms with van der Waals surface area (Å²) in [5.41, 5.74) is 0. The topological polar surface area (TPSA) is 38.3 Å². The van der Waals surface area contributed by atoms with E-state index < -0.39 is 0 Å². The summed E-state index contributed by atoms with van der Waals surface area (Å²) < 4.78 is 5.35. The number of rotatable bonds is 5. The summed E-state index contributed by atoms with van der Waals surface area (Å²) in [6, 6.07) is -0.0590. The van der Waals surface area contributed by atoms with Crippen molar-refractivity contribution in [3.05, 3.63) is 0 Å². The molecule has 0 amide bonds. The first kappa shape index (κ1) is 13.5. The van der Waals surface area contributed by atoms with Crippen molar-refractivity contribution in [3.8, 4) is 0 Å². The van der Waals surface area contributed by atoms with Crippen LogP contribution < -0.4 is 5.32 Å². The maximum absolute atomic E-state index is 11.8. The Balaban J connectivity index is 2.22. The maximum Gasteiger partial charge on any atom is 0.323 e. The first-order valence-electron chi connectivity index (χ1n) is 6.64. The van der Waals surface area contributed by atoms with Gasteiger partial charge < -0.3 is 10.1 Å². The predicted octanol–water partition coefficient (Wildman–Crippen LogP) is 2.50. The summed E-state index contributed by atoms with van der Waals surface area (Å²) >= 11 is 0. The highest BCUT2D eigenvalue weighted by Crippen LogP contribution is 2.11. The van der Waals surface area contributed by atoms with Crippen LogP contribution in [0.5, 0.6) is 0 Å². The molecule has 0 aliphatic carbocycles. The fraction of sp³-hybridized carbons (Fsp3) is 0.923. The lowest BCUT2D eigenvalue weighted by atomic mass is 10.1. The number of hydrogen-bond donors (Lipinski definition) is 1. The van der Waals surface area contributed by atoms with Gasteiger partial charge in [0.25, 0.3) is 0 Å². The van der Waals surface area contributed by atoms with E-state index in [1.54, 1.807) is 0 Å². The van der Waals surface area contributed by atoms with Gasteiger partial charge in [-0.2, -0.15) is 0 Å². The molecule has 1 N–H and O–H groups in total. The molecule has 0 spiro atoms. The Labute approximate surface area is 98.9 Å². The van der Waals surface area contributed by atoms with E-state index in [1.165, 1.54) is 12.8 Å². The minimum absolute atomic E-state index is 0.0511. The second-order valence-corrected chi connectivity index (χ2v) is 4.88. The Morgan fingerprint density at radius 1 is 1.44 bits per heavy atom. The second kappa shape index (κ2) is 7.66. The van der Waals surface area contributed by atoms with E-state index >= 15 is 0 Å². The Bertz CT molecular complexity index is 198. The first-order valence-corrected chi connectivity index (χ1v) is 6.64. The highest BCUT2D eigenvalue weighted by Gasteiger charge is 2.21. The van der Waals surface area contributed by atoms with E-state index in [1.807, 2.05) is 0 Å². The van der Waals surface area contributed by atoms with Crippen molar-refractivity contribution >= 4 is 5.97 Å². The van der Waals surface area contributed by atoms with Crippen molar-refractivity contribution in [2.24, 2.45) is 5.92 Å². The van der Waals surface area contributed by atoms with Crippen molar-refractivity contribution in [3.63, 3.8) is 0 Å². The monoisotopic (exact) mass is 227 g/mol. The molecule has 0 saturated carbocycles. The fourth-order valence-electron chi connectivity index (χ4n) is 2.13. The molecule has 1 aliphatic heterocycles. The zero-order chi connectivity index (χ0) is 11.8. The number of esters is 1. The summed E-state index contributed by atoms with van der Waals surface area (Å²) in [4.78, 5) is 11.8. The van der Waals surface area contributed by atoms with Gasteiger partial charge in [-0.25, -0.2) is 0 Å². The number of carbonyl (C=O) groups excluding carboxylic acids is 1. The quantitative estimate of drug-likeness (QED) is 0.733. The molecular formula is C13H25NO2. The summed E-state index contributed by atoms with van der Waals surface area (Å²) in [5, 5.41) is 3.26. The van der Waals surface area contributed by atoms with Crippen LogP contribution in [-0.2, 0) is 9.53 Å². The van der Waals surface area contributed by atoms with E-state index in [0.717, 1.165) is 32.2 Å². The molecule has 1 saturated heterocycles. The van der Waals surface area contributed by atoms with Gasteiger partial charge in [-0.05, 0) is 31.7 Å². The number of hydrogen-bond acceptors (Lipinski definition) is 3. The molecule has 1 rings (SSSR count). The van der Waals surface area contributed by atoms with Crippen LogP contribution in [-0.4, -0.2) is 25.2 Å². The van der Waals surface area contributed by atoms with Gasteiger partial charge in [-0.1, -0.05) is 33.1 Å². The number of nitrogens with one attached hydrogen (secondary N) is 1. The van der Waals surface area contributed by atoms with Gasteiger partial charge in [0.1, 0.15) is 6.04 Å². The van der Waals surface area contributed by atoms with E-state index in [4.69, 9.17) is 4.74 Å². The zero-order valence-corrected chi connectivity index (χ0v) is 10.6. The van der Waals surface area contributed by atoms with Crippen LogP contribution in [0.1, 0.15) is 52.4 Å². The van der Waals surface area contributed by atoms with E-state index in [2.05, 4.69) is 19.2 Å². The van der Waals surface area contributed by atoms with Crippen molar-refractivity contribution < 1.29 is 9.53 Å². The van der Waals surface area contributed by atoms with Crippen molar-refractivity contribution in [2.75, 3.05) is 13.2 Å². The summed E-state index contributed by atoms with van der Waals surface area (Å²) in [7, 11) is 0. The van der Waals surface area contributed by atoms with Crippen LogP contribution in [0.4, 0.5) is 0 Å². The lowest BCUT2D eigenvalue weighted by molar-refractivity contribution is -0.147. The largest absolute Gasteiger partial charge is 0.464 e. The SMILES string of the molecule is CCCC(C)COC(=O)C1CCCCCN1. The van der Waals surface area contributed by atoms with Crippen LogP contribution in [0.15, 0.2) is 0 Å². The molecular weight excluding hydrogens is 202 g/mol. The third kappa shape index (κ3) is 4.97. The van der Waals surface area contributed by atoms with E-state index in [0.29, 0.717) is 12.5 Å². The Morgan fingerprint density at radius 3 is 3.00 bits per heavy atom. The Morgan fingerprint density at radius 2 is 2.25 bits per heavy atom. The molecule has 2 atom stereocenters. The van der Waals surface area contributed by atoms with E-state index in [-0.39, 0.29) is 12.0 Å². The lowest BCUT2D eigenvalue weighted by Crippen LogP contribution is -2.37. The van der Waals surface area contributed by atoms with Crippen molar-refractivity contribution in [1.29, 1.82) is 0 Å². The molecule has 1 aliphatic rings. The van der Waals surface area contributed by atoms with Crippen LogP contribution in [0.3, 0.4) is 0 Å². The van der Waals surface area contributed by atoms with Crippen LogP contribution in [0.25, 0.3) is 0 Å². The maximum atomic E-state index is 11.8. The highest BCUT2D eigenvalue weighted by atomic mass is 16.5. The van der Waals surface area contributed by atoms with Crippen molar-refractivity contribution in [2.45, 2.75) is 58.4 Å². The summed E-state index contributed by atoms with van der Waals surface area (Å²) in [6.07, 6.45) is 6.75. The van der Waals surface area contributed by atoms with Crippen LogP contribution in [0, 0.1) is 5.92 Å². The third-order valence-electron chi connectivity index (χ3n) is 3.14. The molecule has 0 aromatic rings. The Hall–Kier alpha value is -0.570. The average Bonchev–Trinajstić information content (AvgIpc) is 2.55. The molecule has 94 valence electrons. The minimum atomic E-state index is -0.0590. The Kier molecular flexibility index (Phi) is 6.46. The third-order valence-corrected chi connectivity index (χ3v) is 3.14. The lowest BCUT2D eigenvalue weighted by Gasteiger charge is -2.16. The number of ether oxygens (including phenoxy) is 1. The first-order chi connectivity index (χ1) is 7.74. The molecule has 3 heteroatoms.